The third kappa shape index (κ3) is 2.74. The van der Waals surface area contributed by atoms with E-state index in [0.717, 1.165) is 29.9 Å². The van der Waals surface area contributed by atoms with E-state index in [1.54, 1.807) is 19.4 Å². The number of allylic oxidation sites excluding steroid dienone is 4. The number of rotatable bonds is 4. The predicted octanol–water partition coefficient (Wildman–Crippen LogP) is 3.61. The van der Waals surface area contributed by atoms with Gasteiger partial charge in [-0.2, -0.15) is 4.98 Å². The summed E-state index contributed by atoms with van der Waals surface area (Å²) in [6.45, 7) is 0. The summed E-state index contributed by atoms with van der Waals surface area (Å²) in [6, 6.07) is 9.71. The van der Waals surface area contributed by atoms with Crippen LogP contribution in [0.15, 0.2) is 54.8 Å². The van der Waals surface area contributed by atoms with Gasteiger partial charge in [0.15, 0.2) is 5.65 Å². The minimum atomic E-state index is 0.543. The quantitative estimate of drug-likeness (QED) is 0.796. The molecule has 0 unspecified atom stereocenters. The smallest absolute Gasteiger partial charge is 0.247 e. The molecular weight excluding hydrogens is 302 g/mol. The molecule has 0 aliphatic heterocycles. The zero-order valence-electron chi connectivity index (χ0n) is 13.3. The molecular formula is C18H17N5O. The maximum absolute atomic E-state index is 5.06. The van der Waals surface area contributed by atoms with E-state index in [4.69, 9.17) is 4.74 Å². The summed E-state index contributed by atoms with van der Waals surface area (Å²) >= 11 is 0. The molecule has 0 amide bonds. The Bertz CT molecular complexity index is 924. The Balaban J connectivity index is 1.67. The van der Waals surface area contributed by atoms with Gasteiger partial charge >= 0.3 is 0 Å². The Hall–Kier alpha value is -3.15. The zero-order chi connectivity index (χ0) is 16.4. The minimum Gasteiger partial charge on any atom is -0.481 e. The number of nitrogens with one attached hydrogen (secondary N) is 1. The molecule has 120 valence electrons. The van der Waals surface area contributed by atoms with E-state index < -0.39 is 0 Å². The van der Waals surface area contributed by atoms with Gasteiger partial charge in [-0.1, -0.05) is 24.3 Å². The van der Waals surface area contributed by atoms with Crippen molar-refractivity contribution in [3.63, 3.8) is 0 Å². The molecule has 0 atom stereocenters. The first-order chi connectivity index (χ1) is 11.8. The molecule has 0 saturated heterocycles. The molecule has 3 aromatic heterocycles. The number of hydrogen-bond donors (Lipinski definition) is 1. The second-order valence-electron chi connectivity index (χ2n) is 5.49. The number of ether oxygens (including phenoxy) is 1. The van der Waals surface area contributed by atoms with Crippen molar-refractivity contribution in [2.75, 3.05) is 12.4 Å². The van der Waals surface area contributed by atoms with Gasteiger partial charge in [0.25, 0.3) is 0 Å². The van der Waals surface area contributed by atoms with Crippen molar-refractivity contribution < 1.29 is 4.74 Å². The van der Waals surface area contributed by atoms with Crippen LogP contribution in [0, 0.1) is 0 Å². The van der Waals surface area contributed by atoms with Crippen LogP contribution in [0.5, 0.6) is 5.88 Å². The summed E-state index contributed by atoms with van der Waals surface area (Å²) in [5, 5.41) is 7.78. The van der Waals surface area contributed by atoms with Crippen LogP contribution in [0.2, 0.25) is 0 Å². The summed E-state index contributed by atoms with van der Waals surface area (Å²) in [4.78, 5) is 8.72. The van der Waals surface area contributed by atoms with Gasteiger partial charge in [0.1, 0.15) is 0 Å². The van der Waals surface area contributed by atoms with Crippen LogP contribution >= 0.6 is 0 Å². The molecule has 1 N–H and O–H groups in total. The van der Waals surface area contributed by atoms with Crippen molar-refractivity contribution in [1.29, 1.82) is 0 Å². The largest absolute Gasteiger partial charge is 0.481 e. The maximum Gasteiger partial charge on any atom is 0.247 e. The monoisotopic (exact) mass is 319 g/mol. The number of anilines is 2. The highest BCUT2D eigenvalue weighted by Gasteiger charge is 2.11. The molecule has 1 aliphatic rings. The molecule has 0 fully saturated rings. The van der Waals surface area contributed by atoms with Crippen LogP contribution < -0.4 is 10.1 Å². The molecule has 4 rings (SSSR count). The average molecular weight is 319 g/mol. The Morgan fingerprint density at radius 3 is 2.92 bits per heavy atom. The molecule has 0 saturated carbocycles. The fourth-order valence-electron chi connectivity index (χ4n) is 2.72. The van der Waals surface area contributed by atoms with Gasteiger partial charge in [0.2, 0.25) is 11.8 Å². The standard InChI is InChI=1S/C18H17N5O/c1-24-17-11-10-14(12-19-17)20-18-21-16-9-5-8-15(23(16)22-18)13-6-3-2-4-7-13/h2-3,5-6,8-12H,4,7H2,1H3,(H,20,22). The summed E-state index contributed by atoms with van der Waals surface area (Å²) in [6.07, 6.45) is 10.2. The molecule has 0 spiro atoms. The summed E-state index contributed by atoms with van der Waals surface area (Å²) in [5.41, 5.74) is 3.97. The zero-order valence-corrected chi connectivity index (χ0v) is 13.3. The van der Waals surface area contributed by atoms with Crippen LogP contribution in [0.4, 0.5) is 11.6 Å². The highest BCUT2D eigenvalue weighted by molar-refractivity contribution is 5.68. The lowest BCUT2D eigenvalue weighted by molar-refractivity contribution is 0.398. The number of nitrogens with zero attached hydrogens (tertiary/aromatic N) is 4. The molecule has 3 aromatic rings. The average Bonchev–Trinajstić information content (AvgIpc) is 3.05. The predicted molar refractivity (Wildman–Crippen MR) is 93.4 cm³/mol. The van der Waals surface area contributed by atoms with Crippen LogP contribution in [0.3, 0.4) is 0 Å². The highest BCUT2D eigenvalue weighted by Crippen LogP contribution is 2.24. The van der Waals surface area contributed by atoms with Gasteiger partial charge in [-0.3, -0.25) is 0 Å². The SMILES string of the molecule is COc1ccc(Nc2nc3cccc(C4=CC=CCC4)n3n2)cn1. The number of pyridine rings is 2. The molecule has 24 heavy (non-hydrogen) atoms. The second kappa shape index (κ2) is 6.16. The van der Waals surface area contributed by atoms with Crippen LogP contribution in [0.25, 0.3) is 11.2 Å². The first kappa shape index (κ1) is 14.4. The Morgan fingerprint density at radius 2 is 2.17 bits per heavy atom. The normalized spacial score (nSPS) is 13.8. The van der Waals surface area contributed by atoms with Gasteiger partial charge in [0.05, 0.1) is 24.7 Å². The number of hydrogen-bond acceptors (Lipinski definition) is 5. The van der Waals surface area contributed by atoms with Gasteiger partial charge in [0, 0.05) is 6.07 Å². The van der Waals surface area contributed by atoms with E-state index in [2.05, 4.69) is 44.7 Å². The number of fused-ring (bicyclic) bond motifs is 1. The molecule has 0 aromatic carbocycles. The number of methoxy groups -OCH3 is 1. The lowest BCUT2D eigenvalue weighted by Gasteiger charge is -2.10. The Morgan fingerprint density at radius 1 is 1.21 bits per heavy atom. The molecule has 1 aliphatic carbocycles. The van der Waals surface area contributed by atoms with Crippen molar-refractivity contribution in [3.05, 3.63) is 60.5 Å². The minimum absolute atomic E-state index is 0.543. The Labute approximate surface area is 139 Å². The van der Waals surface area contributed by atoms with Crippen LogP contribution in [-0.2, 0) is 0 Å². The molecule has 0 radical (unpaired) electrons. The topological polar surface area (TPSA) is 64.3 Å². The fourth-order valence-corrected chi connectivity index (χ4v) is 2.72. The van der Waals surface area contributed by atoms with E-state index in [1.165, 1.54) is 5.57 Å². The van der Waals surface area contributed by atoms with E-state index in [-0.39, 0.29) is 0 Å². The fraction of sp³-hybridized carbons (Fsp3) is 0.167. The van der Waals surface area contributed by atoms with Crippen molar-refractivity contribution >= 4 is 22.9 Å². The third-order valence-electron chi connectivity index (χ3n) is 3.90. The lowest BCUT2D eigenvalue weighted by Crippen LogP contribution is -2.00. The van der Waals surface area contributed by atoms with Crippen molar-refractivity contribution in [2.45, 2.75) is 12.8 Å². The molecule has 0 bridgehead atoms. The van der Waals surface area contributed by atoms with Crippen molar-refractivity contribution in [2.24, 2.45) is 0 Å². The third-order valence-corrected chi connectivity index (χ3v) is 3.90. The summed E-state index contributed by atoms with van der Waals surface area (Å²) < 4.78 is 6.94. The van der Waals surface area contributed by atoms with E-state index in [9.17, 15) is 0 Å². The molecule has 6 nitrogen and oxygen atoms in total. The van der Waals surface area contributed by atoms with Crippen LogP contribution in [0.1, 0.15) is 18.5 Å². The second-order valence-corrected chi connectivity index (χ2v) is 5.49. The highest BCUT2D eigenvalue weighted by atomic mass is 16.5. The van der Waals surface area contributed by atoms with Gasteiger partial charge < -0.3 is 10.1 Å². The first-order valence-electron chi connectivity index (χ1n) is 7.82. The van der Waals surface area contributed by atoms with Crippen LogP contribution in [-0.4, -0.2) is 26.7 Å². The van der Waals surface area contributed by atoms with Gasteiger partial charge in [-0.15, -0.1) is 5.10 Å². The lowest BCUT2D eigenvalue weighted by atomic mass is 10.0. The first-order valence-corrected chi connectivity index (χ1v) is 7.82. The van der Waals surface area contributed by atoms with Gasteiger partial charge in [-0.25, -0.2) is 9.50 Å². The van der Waals surface area contributed by atoms with Crippen molar-refractivity contribution in [3.8, 4) is 5.88 Å². The molecule has 3 heterocycles. The Kier molecular flexibility index (Phi) is 3.70. The number of aromatic nitrogens is 4. The van der Waals surface area contributed by atoms with E-state index in [1.807, 2.05) is 22.7 Å². The van der Waals surface area contributed by atoms with Crippen molar-refractivity contribution in [1.82, 2.24) is 19.6 Å². The van der Waals surface area contributed by atoms with E-state index in [0.29, 0.717) is 11.8 Å². The molecule has 6 heteroatoms. The van der Waals surface area contributed by atoms with Gasteiger partial charge in [-0.05, 0) is 36.6 Å². The van der Waals surface area contributed by atoms with E-state index >= 15 is 0 Å². The summed E-state index contributed by atoms with van der Waals surface area (Å²) in [7, 11) is 1.59. The maximum atomic E-state index is 5.06. The summed E-state index contributed by atoms with van der Waals surface area (Å²) in [5.74, 6) is 1.12.